The number of anilines is 1. The number of benzene rings is 1. The summed E-state index contributed by atoms with van der Waals surface area (Å²) >= 11 is 0. The van der Waals surface area contributed by atoms with Crippen molar-refractivity contribution in [3.05, 3.63) is 32.4 Å². The summed E-state index contributed by atoms with van der Waals surface area (Å²) in [5, 5.41) is 24.9. The zero-order valence-corrected chi connectivity index (χ0v) is 9.39. The van der Waals surface area contributed by atoms with Crippen LogP contribution in [0.3, 0.4) is 0 Å². The van der Waals surface area contributed by atoms with Gasteiger partial charge in [0.2, 0.25) is 0 Å². The van der Waals surface area contributed by atoms with E-state index in [1.807, 2.05) is 0 Å². The molecule has 0 bridgehead atoms. The molecule has 10 heteroatoms. The van der Waals surface area contributed by atoms with Crippen LogP contribution in [0.5, 0.6) is 0 Å². The summed E-state index contributed by atoms with van der Waals surface area (Å²) < 4.78 is 0. The highest BCUT2D eigenvalue weighted by Gasteiger charge is 2.35. The van der Waals surface area contributed by atoms with Crippen LogP contribution in [0.2, 0.25) is 0 Å². The van der Waals surface area contributed by atoms with Crippen molar-refractivity contribution in [2.24, 2.45) is 0 Å². The molecule has 0 saturated carbocycles. The second-order valence-electron chi connectivity index (χ2n) is 3.62. The Balaban J connectivity index is 2.70. The molecule has 2 rings (SSSR count). The van der Waals surface area contributed by atoms with Gasteiger partial charge in [-0.1, -0.05) is 0 Å². The lowest BCUT2D eigenvalue weighted by atomic mass is 10.1. The number of nitrogens with zero attached hydrogens (tertiary/aromatic N) is 4. The highest BCUT2D eigenvalue weighted by molar-refractivity contribution is 6.43. The van der Waals surface area contributed by atoms with Crippen molar-refractivity contribution in [3.8, 4) is 0 Å². The third-order valence-corrected chi connectivity index (χ3v) is 2.54. The first-order chi connectivity index (χ1) is 8.82. The van der Waals surface area contributed by atoms with Gasteiger partial charge in [0.15, 0.2) is 0 Å². The lowest BCUT2D eigenvalue weighted by Gasteiger charge is -2.23. The van der Waals surface area contributed by atoms with E-state index in [9.17, 15) is 29.8 Å². The molecule has 0 aromatic heterocycles. The first-order valence-corrected chi connectivity index (χ1v) is 4.83. The molecule has 0 atom stereocenters. The molecule has 19 heavy (non-hydrogen) atoms. The largest absolute Gasteiger partial charge is 0.348 e. The molecule has 0 fully saturated rings. The molecule has 10 nitrogen and oxygen atoms in total. The van der Waals surface area contributed by atoms with Crippen molar-refractivity contribution in [1.29, 1.82) is 0 Å². The summed E-state index contributed by atoms with van der Waals surface area (Å²) in [5.74, 6) is -2.05. The van der Waals surface area contributed by atoms with Gasteiger partial charge in [-0.05, 0) is 0 Å². The number of fused-ring (bicyclic) bond motifs is 1. The Labute approximate surface area is 104 Å². The summed E-state index contributed by atoms with van der Waals surface area (Å²) in [6.45, 7) is 0. The first-order valence-electron chi connectivity index (χ1n) is 4.83. The van der Waals surface area contributed by atoms with Gasteiger partial charge in [0.05, 0.1) is 27.3 Å². The van der Waals surface area contributed by atoms with Gasteiger partial charge < -0.3 is 4.90 Å². The number of rotatable bonds is 2. The van der Waals surface area contributed by atoms with E-state index in [2.05, 4.69) is 5.32 Å². The number of carbonyl (C=O) groups is 2. The predicted octanol–water partition coefficient (Wildman–Crippen LogP) is 0.242. The highest BCUT2D eigenvalue weighted by Crippen LogP contribution is 2.39. The van der Waals surface area contributed by atoms with Crippen LogP contribution in [0.4, 0.5) is 22.7 Å². The summed E-state index contributed by atoms with van der Waals surface area (Å²) in [6.07, 6.45) is 0. The number of carbonyl (C=O) groups excluding carboxylic acids is 2. The molecule has 1 aromatic carbocycles. The first kappa shape index (κ1) is 12.4. The maximum Gasteiger partial charge on any atom is 0.348 e. The van der Waals surface area contributed by atoms with Gasteiger partial charge in [-0.25, -0.2) is 5.32 Å². The average molecular weight is 265 g/mol. The molecule has 0 N–H and O–H groups in total. The molecule has 0 unspecified atom stereocenters. The second-order valence-corrected chi connectivity index (χ2v) is 3.62. The van der Waals surface area contributed by atoms with Gasteiger partial charge in [-0.15, -0.1) is 0 Å². The van der Waals surface area contributed by atoms with Crippen LogP contribution in [-0.4, -0.2) is 28.7 Å². The number of hydrogen-bond donors (Lipinski definition) is 0. The van der Waals surface area contributed by atoms with Gasteiger partial charge in [-0.2, -0.15) is 0 Å². The third-order valence-electron chi connectivity index (χ3n) is 2.54. The Morgan fingerprint density at radius 1 is 1.11 bits per heavy atom. The van der Waals surface area contributed by atoms with E-state index in [1.165, 1.54) is 7.05 Å². The summed E-state index contributed by atoms with van der Waals surface area (Å²) in [5.41, 5.74) is -1.73. The molecule has 1 aromatic rings. The van der Waals surface area contributed by atoms with Crippen LogP contribution < -0.4 is 10.2 Å². The van der Waals surface area contributed by atoms with E-state index in [0.717, 1.165) is 17.0 Å². The third kappa shape index (κ3) is 1.84. The minimum absolute atomic E-state index is 0.0260. The maximum atomic E-state index is 11.4. The molecule has 97 valence electrons. The molecular weight excluding hydrogens is 260 g/mol. The fourth-order valence-electron chi connectivity index (χ4n) is 1.62. The Morgan fingerprint density at radius 3 is 2.16 bits per heavy atom. The predicted molar refractivity (Wildman–Crippen MR) is 60.0 cm³/mol. The van der Waals surface area contributed by atoms with Crippen molar-refractivity contribution < 1.29 is 19.4 Å². The van der Waals surface area contributed by atoms with Crippen molar-refractivity contribution in [3.63, 3.8) is 0 Å². The smallest absolute Gasteiger partial charge is 0.305 e. The number of nitro benzene ring substituents is 2. The minimum atomic E-state index is -1.09. The summed E-state index contributed by atoms with van der Waals surface area (Å²) in [4.78, 5) is 43.0. The van der Waals surface area contributed by atoms with Crippen LogP contribution in [0, 0.1) is 20.2 Å². The number of likely N-dealkylation sites (N-methyl/N-ethyl adjacent to an activating group) is 1. The Bertz CT molecular complexity index is 640. The summed E-state index contributed by atoms with van der Waals surface area (Å²) in [7, 11) is 1.23. The van der Waals surface area contributed by atoms with Gasteiger partial charge in [0.1, 0.15) is 0 Å². The maximum absolute atomic E-state index is 11.4. The van der Waals surface area contributed by atoms with E-state index < -0.39 is 33.0 Å². The van der Waals surface area contributed by atoms with Crippen LogP contribution in [0.1, 0.15) is 0 Å². The van der Waals surface area contributed by atoms with Crippen molar-refractivity contribution in [2.75, 3.05) is 11.9 Å². The van der Waals surface area contributed by atoms with Gasteiger partial charge in [0.25, 0.3) is 0 Å². The number of amides is 2. The van der Waals surface area contributed by atoms with E-state index >= 15 is 0 Å². The molecule has 1 radical (unpaired) electrons. The SMILES string of the molecule is CN1C(=O)C(=O)[N]c2cc([N+](=O)[O-])c([N+](=O)[O-])cc21. The average Bonchev–Trinajstić information content (AvgIpc) is 2.34. The van der Waals surface area contributed by atoms with Crippen LogP contribution in [-0.2, 0) is 9.59 Å². The zero-order chi connectivity index (χ0) is 14.3. The van der Waals surface area contributed by atoms with Crippen molar-refractivity contribution in [2.45, 2.75) is 0 Å². The second kappa shape index (κ2) is 4.01. The van der Waals surface area contributed by atoms with E-state index in [-0.39, 0.29) is 11.4 Å². The van der Waals surface area contributed by atoms with Gasteiger partial charge in [-0.3, -0.25) is 29.8 Å². The lowest BCUT2D eigenvalue weighted by Crippen LogP contribution is -2.41. The summed E-state index contributed by atoms with van der Waals surface area (Å²) in [6, 6.07) is 1.65. The number of nitro groups is 2. The van der Waals surface area contributed by atoms with E-state index in [1.54, 1.807) is 0 Å². The van der Waals surface area contributed by atoms with E-state index in [0.29, 0.717) is 0 Å². The Kier molecular flexibility index (Phi) is 2.62. The molecule has 2 amide bonds. The number of hydrogen-bond acceptors (Lipinski definition) is 6. The topological polar surface area (TPSA) is 138 Å². The van der Waals surface area contributed by atoms with Gasteiger partial charge in [0, 0.05) is 13.1 Å². The standard InChI is InChI=1S/C9H5N4O6/c1-11-5-3-7(13(18)19)6(12(16)17)2-4(5)10-8(14)9(11)15/h2-3H,1H3. The van der Waals surface area contributed by atoms with Crippen LogP contribution in [0.25, 0.3) is 0 Å². The molecule has 0 saturated heterocycles. The minimum Gasteiger partial charge on any atom is -0.305 e. The molecule has 0 spiro atoms. The molecular formula is C9H5N4O6. The van der Waals surface area contributed by atoms with Crippen LogP contribution >= 0.6 is 0 Å². The molecule has 1 aliphatic heterocycles. The van der Waals surface area contributed by atoms with Crippen molar-refractivity contribution >= 4 is 34.6 Å². The van der Waals surface area contributed by atoms with Crippen molar-refractivity contribution in [1.82, 2.24) is 5.32 Å². The molecule has 1 heterocycles. The Hall–Kier alpha value is -3.04. The molecule has 0 aliphatic carbocycles. The van der Waals surface area contributed by atoms with Gasteiger partial charge >= 0.3 is 23.2 Å². The zero-order valence-electron chi connectivity index (χ0n) is 9.39. The quantitative estimate of drug-likeness (QED) is 0.426. The highest BCUT2D eigenvalue weighted by atomic mass is 16.6. The fourth-order valence-corrected chi connectivity index (χ4v) is 1.62. The fraction of sp³-hybridized carbons (Fsp3) is 0.111. The van der Waals surface area contributed by atoms with Crippen LogP contribution in [0.15, 0.2) is 12.1 Å². The van der Waals surface area contributed by atoms with E-state index in [4.69, 9.17) is 0 Å². The lowest BCUT2D eigenvalue weighted by molar-refractivity contribution is -0.422. The molecule has 1 aliphatic rings. The normalized spacial score (nSPS) is 13.8. The Morgan fingerprint density at radius 2 is 1.63 bits per heavy atom. The monoisotopic (exact) mass is 265 g/mol.